The van der Waals surface area contributed by atoms with Crippen LogP contribution >= 0.6 is 0 Å². The summed E-state index contributed by atoms with van der Waals surface area (Å²) >= 11 is 0. The Morgan fingerprint density at radius 2 is 1.50 bits per heavy atom. The Morgan fingerprint density at radius 1 is 0.857 bits per heavy atom. The summed E-state index contributed by atoms with van der Waals surface area (Å²) in [6, 6.07) is 22.8. The molecule has 0 N–H and O–H groups in total. The minimum absolute atomic E-state index is 0.00285. The third kappa shape index (κ3) is 4.49. The van der Waals surface area contributed by atoms with Crippen molar-refractivity contribution in [3.05, 3.63) is 84.6 Å². The molecule has 0 saturated carbocycles. The summed E-state index contributed by atoms with van der Waals surface area (Å²) in [7, 11) is 0. The third-order valence-electron chi connectivity index (χ3n) is 4.72. The lowest BCUT2D eigenvalue weighted by Gasteiger charge is -2.32. The molecule has 0 spiro atoms. The zero-order chi connectivity index (χ0) is 19.2. The molecular weight excluding hydrogens is 352 g/mol. The Morgan fingerprint density at radius 3 is 2.11 bits per heavy atom. The van der Waals surface area contributed by atoms with Gasteiger partial charge in [0.15, 0.2) is 0 Å². The number of ether oxygens (including phenoxy) is 2. The minimum atomic E-state index is -0.00285. The maximum atomic E-state index is 12.7. The molecule has 1 aliphatic heterocycles. The van der Waals surface area contributed by atoms with Crippen molar-refractivity contribution in [1.82, 2.24) is 9.88 Å². The molecule has 0 atom stereocenters. The molecule has 0 unspecified atom stereocenters. The second kappa shape index (κ2) is 8.57. The number of hydrogen-bond acceptors (Lipinski definition) is 4. The summed E-state index contributed by atoms with van der Waals surface area (Å²) in [6.07, 6.45) is 3.37. The highest BCUT2D eigenvalue weighted by atomic mass is 16.5. The molecule has 4 rings (SSSR count). The lowest BCUT2D eigenvalue weighted by Crippen LogP contribution is -2.41. The molecule has 3 aromatic rings. The average molecular weight is 374 g/mol. The summed E-state index contributed by atoms with van der Waals surface area (Å²) in [5.74, 6) is 2.06. The molecule has 1 saturated heterocycles. The minimum Gasteiger partial charge on any atom is -0.490 e. The average Bonchev–Trinajstić information content (AvgIpc) is 2.76. The summed E-state index contributed by atoms with van der Waals surface area (Å²) in [4.78, 5) is 18.9. The zero-order valence-electron chi connectivity index (χ0n) is 15.5. The van der Waals surface area contributed by atoms with Crippen molar-refractivity contribution in [3.63, 3.8) is 0 Å². The Hall–Kier alpha value is -3.34. The molecule has 0 radical (unpaired) electrons. The van der Waals surface area contributed by atoms with E-state index in [2.05, 4.69) is 4.98 Å². The van der Waals surface area contributed by atoms with Crippen LogP contribution in [0, 0.1) is 0 Å². The van der Waals surface area contributed by atoms with Gasteiger partial charge in [-0.1, -0.05) is 36.4 Å². The van der Waals surface area contributed by atoms with E-state index in [1.165, 1.54) is 0 Å². The first-order valence-electron chi connectivity index (χ1n) is 9.48. The van der Waals surface area contributed by atoms with Gasteiger partial charge in [-0.25, -0.2) is 4.98 Å². The van der Waals surface area contributed by atoms with Gasteiger partial charge < -0.3 is 14.4 Å². The standard InChI is InChI=1S/C23H22N2O3/c26-23(18-11-12-22(24-17-18)28-20-9-5-2-6-10-20)25-15-13-21(14-16-25)27-19-7-3-1-4-8-19/h1-12,17,21H,13-16H2. The van der Waals surface area contributed by atoms with E-state index in [1.807, 2.05) is 65.6 Å². The van der Waals surface area contributed by atoms with Gasteiger partial charge in [-0.05, 0) is 30.3 Å². The van der Waals surface area contributed by atoms with Crippen LogP contribution in [0.3, 0.4) is 0 Å². The molecule has 1 fully saturated rings. The van der Waals surface area contributed by atoms with E-state index in [0.29, 0.717) is 24.5 Å². The SMILES string of the molecule is O=C(c1ccc(Oc2ccccc2)nc1)N1CCC(Oc2ccccc2)CC1. The second-order valence-corrected chi connectivity index (χ2v) is 6.72. The molecule has 142 valence electrons. The first-order chi connectivity index (χ1) is 13.8. The summed E-state index contributed by atoms with van der Waals surface area (Å²) in [5, 5.41) is 0. The Kier molecular flexibility index (Phi) is 5.52. The monoisotopic (exact) mass is 374 g/mol. The van der Waals surface area contributed by atoms with E-state index in [-0.39, 0.29) is 12.0 Å². The fourth-order valence-corrected chi connectivity index (χ4v) is 3.23. The summed E-state index contributed by atoms with van der Waals surface area (Å²) < 4.78 is 11.7. The molecule has 5 heteroatoms. The number of hydrogen-bond donors (Lipinski definition) is 0. The van der Waals surface area contributed by atoms with Gasteiger partial charge in [0.25, 0.3) is 5.91 Å². The quantitative estimate of drug-likeness (QED) is 0.657. The Bertz CT molecular complexity index is 890. The molecule has 2 aromatic carbocycles. The van der Waals surface area contributed by atoms with Crippen molar-refractivity contribution in [2.75, 3.05) is 13.1 Å². The van der Waals surface area contributed by atoms with Crippen molar-refractivity contribution in [2.45, 2.75) is 18.9 Å². The van der Waals surface area contributed by atoms with Gasteiger partial charge in [-0.3, -0.25) is 4.79 Å². The van der Waals surface area contributed by atoms with Gasteiger partial charge in [-0.2, -0.15) is 0 Å². The maximum Gasteiger partial charge on any atom is 0.255 e. The van der Waals surface area contributed by atoms with Crippen LogP contribution in [0.4, 0.5) is 0 Å². The van der Waals surface area contributed by atoms with E-state index in [9.17, 15) is 4.79 Å². The highest BCUT2D eigenvalue weighted by Gasteiger charge is 2.25. The predicted octanol–water partition coefficient (Wildman–Crippen LogP) is 4.56. The fourth-order valence-electron chi connectivity index (χ4n) is 3.23. The number of benzene rings is 2. The molecule has 1 amide bonds. The van der Waals surface area contributed by atoms with Crippen LogP contribution in [0.15, 0.2) is 79.0 Å². The molecule has 1 aliphatic rings. The molecule has 0 bridgehead atoms. The smallest absolute Gasteiger partial charge is 0.255 e. The first kappa shape index (κ1) is 18.0. The molecule has 0 aliphatic carbocycles. The van der Waals surface area contributed by atoms with Gasteiger partial charge in [0.05, 0.1) is 5.56 Å². The van der Waals surface area contributed by atoms with Crippen molar-refractivity contribution >= 4 is 5.91 Å². The number of rotatable bonds is 5. The first-order valence-corrected chi connectivity index (χ1v) is 9.48. The van der Waals surface area contributed by atoms with Crippen LogP contribution in [-0.2, 0) is 0 Å². The largest absolute Gasteiger partial charge is 0.490 e. The number of carbonyl (C=O) groups excluding carboxylic acids is 1. The van der Waals surface area contributed by atoms with Crippen LogP contribution < -0.4 is 9.47 Å². The fraction of sp³-hybridized carbons (Fsp3) is 0.217. The Balaban J connectivity index is 1.31. The second-order valence-electron chi connectivity index (χ2n) is 6.72. The maximum absolute atomic E-state index is 12.7. The van der Waals surface area contributed by atoms with Gasteiger partial charge in [0.2, 0.25) is 5.88 Å². The summed E-state index contributed by atoms with van der Waals surface area (Å²) in [6.45, 7) is 1.36. The zero-order valence-corrected chi connectivity index (χ0v) is 15.5. The number of pyridine rings is 1. The number of piperidine rings is 1. The number of aromatic nitrogens is 1. The van der Waals surface area contributed by atoms with Crippen molar-refractivity contribution < 1.29 is 14.3 Å². The molecule has 1 aromatic heterocycles. The normalized spacial score (nSPS) is 14.5. The van der Waals surface area contributed by atoms with Crippen LogP contribution in [-0.4, -0.2) is 35.0 Å². The lowest BCUT2D eigenvalue weighted by molar-refractivity contribution is 0.0595. The van der Waals surface area contributed by atoms with Gasteiger partial charge >= 0.3 is 0 Å². The number of likely N-dealkylation sites (tertiary alicyclic amines) is 1. The van der Waals surface area contributed by atoms with Gasteiger partial charge in [0, 0.05) is 38.2 Å². The van der Waals surface area contributed by atoms with Crippen molar-refractivity contribution in [2.24, 2.45) is 0 Å². The van der Waals surface area contributed by atoms with Crippen molar-refractivity contribution in [1.29, 1.82) is 0 Å². The summed E-state index contributed by atoms with van der Waals surface area (Å²) in [5.41, 5.74) is 0.572. The Labute approximate surface area is 164 Å². The topological polar surface area (TPSA) is 51.7 Å². The molecule has 2 heterocycles. The van der Waals surface area contributed by atoms with Gasteiger partial charge in [0.1, 0.15) is 17.6 Å². The van der Waals surface area contributed by atoms with Crippen molar-refractivity contribution in [3.8, 4) is 17.4 Å². The number of amides is 1. The van der Waals surface area contributed by atoms with E-state index in [0.717, 1.165) is 24.3 Å². The van der Waals surface area contributed by atoms with Crippen LogP contribution in [0.25, 0.3) is 0 Å². The lowest BCUT2D eigenvalue weighted by atomic mass is 10.1. The number of para-hydroxylation sites is 2. The van der Waals surface area contributed by atoms with E-state index >= 15 is 0 Å². The van der Waals surface area contributed by atoms with E-state index in [1.54, 1.807) is 18.3 Å². The number of carbonyl (C=O) groups is 1. The van der Waals surface area contributed by atoms with E-state index < -0.39 is 0 Å². The van der Waals surface area contributed by atoms with Gasteiger partial charge in [-0.15, -0.1) is 0 Å². The molecule has 28 heavy (non-hydrogen) atoms. The van der Waals surface area contributed by atoms with E-state index in [4.69, 9.17) is 9.47 Å². The predicted molar refractivity (Wildman–Crippen MR) is 107 cm³/mol. The third-order valence-corrected chi connectivity index (χ3v) is 4.72. The van der Waals surface area contributed by atoms with Crippen LogP contribution in [0.2, 0.25) is 0 Å². The molecular formula is C23H22N2O3. The highest BCUT2D eigenvalue weighted by Crippen LogP contribution is 2.21. The van der Waals surface area contributed by atoms with Crippen LogP contribution in [0.1, 0.15) is 23.2 Å². The molecule has 5 nitrogen and oxygen atoms in total. The highest BCUT2D eigenvalue weighted by molar-refractivity contribution is 5.94. The number of nitrogens with zero attached hydrogens (tertiary/aromatic N) is 2. The van der Waals surface area contributed by atoms with Crippen LogP contribution in [0.5, 0.6) is 17.4 Å².